The number of hydrogen-bond acceptors (Lipinski definition) is 6. The van der Waals surface area contributed by atoms with Crippen molar-refractivity contribution in [3.8, 4) is 0 Å². The molecule has 6 nitrogen and oxygen atoms in total. The fourth-order valence-corrected chi connectivity index (χ4v) is 9.97. The van der Waals surface area contributed by atoms with Crippen LogP contribution in [0.5, 0.6) is 0 Å². The minimum Gasteiger partial charge on any atom is -0.462 e. The van der Waals surface area contributed by atoms with Crippen molar-refractivity contribution >= 4 is 17.9 Å². The van der Waals surface area contributed by atoms with Gasteiger partial charge in [-0.3, -0.25) is 14.4 Å². The number of carbonyl (C=O) groups is 3. The normalized spacial score (nSPS) is 12.6. The fourth-order valence-electron chi connectivity index (χ4n) is 9.97. The molecule has 0 amide bonds. The lowest BCUT2D eigenvalue weighted by Gasteiger charge is -2.18. The highest BCUT2D eigenvalue weighted by Crippen LogP contribution is 2.17. The van der Waals surface area contributed by atoms with Gasteiger partial charge in [0.1, 0.15) is 13.2 Å². The molecule has 1 unspecified atom stereocenters. The maximum Gasteiger partial charge on any atom is 0.306 e. The molecule has 0 saturated carbocycles. The minimum absolute atomic E-state index is 0.0731. The van der Waals surface area contributed by atoms with Crippen molar-refractivity contribution in [2.75, 3.05) is 13.2 Å². The topological polar surface area (TPSA) is 78.9 Å². The Labute approximate surface area is 496 Å². The smallest absolute Gasteiger partial charge is 0.306 e. The van der Waals surface area contributed by atoms with Gasteiger partial charge in [0.15, 0.2) is 6.10 Å². The zero-order valence-corrected chi connectivity index (χ0v) is 53.1. The van der Waals surface area contributed by atoms with Crippen LogP contribution in [0.3, 0.4) is 0 Å². The molecular weight excluding hydrogens is 985 g/mol. The van der Waals surface area contributed by atoms with Crippen LogP contribution in [0, 0.1) is 0 Å². The number of unbranched alkanes of at least 4 members (excludes halogenated alkanes) is 38. The molecule has 0 spiro atoms. The summed E-state index contributed by atoms with van der Waals surface area (Å²) in [6, 6.07) is 0. The molecule has 0 aromatic carbocycles. The SMILES string of the molecule is CC/C=C\C/C=C\C/C=C\C/C=C\C/C=C\CCCCCCCCCCCCCCCC(=O)OCC(COC(=O)CCCCCCCCCCCC)OC(=O)CCCCCCCCCCCCC/C=C\C/C=C\CCCCCCC. The van der Waals surface area contributed by atoms with E-state index in [1.165, 1.54) is 212 Å². The third-order valence-electron chi connectivity index (χ3n) is 15.1. The number of rotatable bonds is 63. The summed E-state index contributed by atoms with van der Waals surface area (Å²) < 4.78 is 16.9. The molecule has 0 aliphatic rings. The van der Waals surface area contributed by atoms with Gasteiger partial charge in [-0.05, 0) is 96.3 Å². The molecule has 0 heterocycles. The van der Waals surface area contributed by atoms with Gasteiger partial charge in [-0.2, -0.15) is 0 Å². The highest BCUT2D eigenvalue weighted by molar-refractivity contribution is 5.71. The summed E-state index contributed by atoms with van der Waals surface area (Å²) in [5, 5.41) is 0. The molecule has 0 rings (SSSR count). The van der Waals surface area contributed by atoms with E-state index in [0.717, 1.165) is 96.3 Å². The summed E-state index contributed by atoms with van der Waals surface area (Å²) in [6.45, 7) is 6.54. The molecule has 0 aliphatic carbocycles. The quantitative estimate of drug-likeness (QED) is 0.0261. The number of hydrogen-bond donors (Lipinski definition) is 0. The first-order valence-electron chi connectivity index (χ1n) is 34.6. The average Bonchev–Trinajstić information content (AvgIpc) is 3.46. The third-order valence-corrected chi connectivity index (χ3v) is 15.1. The average molecular weight is 1120 g/mol. The Morgan fingerprint density at radius 2 is 0.487 bits per heavy atom. The van der Waals surface area contributed by atoms with Crippen LogP contribution < -0.4 is 0 Å². The Morgan fingerprint density at radius 1 is 0.263 bits per heavy atom. The Morgan fingerprint density at radius 3 is 0.762 bits per heavy atom. The molecule has 0 N–H and O–H groups in total. The molecule has 0 radical (unpaired) electrons. The second kappa shape index (κ2) is 68.1. The van der Waals surface area contributed by atoms with Gasteiger partial charge in [0, 0.05) is 19.3 Å². The van der Waals surface area contributed by atoms with Crippen molar-refractivity contribution < 1.29 is 28.6 Å². The number of ether oxygens (including phenoxy) is 3. The first-order valence-corrected chi connectivity index (χ1v) is 34.6. The standard InChI is InChI=1S/C74H130O6/c1-4-7-10-13-16-19-22-24-26-28-30-32-34-35-36-37-38-39-41-42-44-46-48-50-52-55-58-61-64-67-73(76)79-70-71(69-78-72(75)66-63-60-57-54-21-18-15-12-9-6-3)80-74(77)68-65-62-59-56-53-51-49-47-45-43-40-33-31-29-27-25-23-20-17-14-11-8-5-2/h7,10,16,19,23-26,29-32,35-36,71H,4-6,8-9,11-15,17-18,20-22,27-28,33-34,37-70H2,1-3H3/b10-7-,19-16-,25-23-,26-24-,31-29-,32-30-,36-35-. The van der Waals surface area contributed by atoms with Crippen LogP contribution in [0.15, 0.2) is 85.1 Å². The van der Waals surface area contributed by atoms with Crippen LogP contribution >= 0.6 is 0 Å². The lowest BCUT2D eigenvalue weighted by molar-refractivity contribution is -0.167. The predicted octanol–water partition coefficient (Wildman–Crippen LogP) is 23.8. The van der Waals surface area contributed by atoms with Crippen LogP contribution in [0.4, 0.5) is 0 Å². The van der Waals surface area contributed by atoms with Gasteiger partial charge < -0.3 is 14.2 Å². The van der Waals surface area contributed by atoms with Crippen molar-refractivity contribution in [1.29, 1.82) is 0 Å². The van der Waals surface area contributed by atoms with Gasteiger partial charge in [-0.15, -0.1) is 0 Å². The molecule has 6 heteroatoms. The van der Waals surface area contributed by atoms with E-state index in [2.05, 4.69) is 106 Å². The van der Waals surface area contributed by atoms with Crippen molar-refractivity contribution in [3.05, 3.63) is 85.1 Å². The first-order chi connectivity index (χ1) is 39.5. The van der Waals surface area contributed by atoms with Gasteiger partial charge >= 0.3 is 17.9 Å². The summed E-state index contributed by atoms with van der Waals surface area (Å²) in [5.74, 6) is -0.861. The van der Waals surface area contributed by atoms with Crippen LogP contribution in [0.1, 0.15) is 348 Å². The Hall–Kier alpha value is -3.41. The van der Waals surface area contributed by atoms with Crippen LogP contribution in [-0.4, -0.2) is 37.2 Å². The highest BCUT2D eigenvalue weighted by atomic mass is 16.6. The third kappa shape index (κ3) is 65.4. The van der Waals surface area contributed by atoms with E-state index in [4.69, 9.17) is 14.2 Å². The van der Waals surface area contributed by atoms with Crippen molar-refractivity contribution in [2.45, 2.75) is 354 Å². The van der Waals surface area contributed by atoms with Crippen molar-refractivity contribution in [1.82, 2.24) is 0 Å². The summed E-state index contributed by atoms with van der Waals surface area (Å²) in [6.07, 6.45) is 90.4. The van der Waals surface area contributed by atoms with Gasteiger partial charge in [0.05, 0.1) is 0 Å². The maximum atomic E-state index is 12.9. The van der Waals surface area contributed by atoms with E-state index in [1.54, 1.807) is 0 Å². The zero-order valence-electron chi connectivity index (χ0n) is 53.1. The Kier molecular flexibility index (Phi) is 65.2. The molecule has 0 aromatic rings. The summed E-state index contributed by atoms with van der Waals surface area (Å²) >= 11 is 0. The molecule has 0 bridgehead atoms. The van der Waals surface area contributed by atoms with Crippen LogP contribution in [0.2, 0.25) is 0 Å². The molecule has 0 aliphatic heterocycles. The van der Waals surface area contributed by atoms with Gasteiger partial charge in [-0.1, -0.05) is 318 Å². The second-order valence-corrected chi connectivity index (χ2v) is 23.1. The molecule has 0 aromatic heterocycles. The van der Waals surface area contributed by atoms with E-state index in [-0.39, 0.29) is 31.1 Å². The van der Waals surface area contributed by atoms with Gasteiger partial charge in [0.2, 0.25) is 0 Å². The van der Waals surface area contributed by atoms with Crippen LogP contribution in [0.25, 0.3) is 0 Å². The van der Waals surface area contributed by atoms with Crippen LogP contribution in [-0.2, 0) is 28.6 Å². The van der Waals surface area contributed by atoms with E-state index in [9.17, 15) is 14.4 Å². The molecule has 1 atom stereocenters. The van der Waals surface area contributed by atoms with E-state index in [0.29, 0.717) is 19.3 Å². The van der Waals surface area contributed by atoms with E-state index in [1.807, 2.05) is 0 Å². The highest BCUT2D eigenvalue weighted by Gasteiger charge is 2.19. The lowest BCUT2D eigenvalue weighted by Crippen LogP contribution is -2.30. The predicted molar refractivity (Wildman–Crippen MR) is 348 cm³/mol. The molecule has 462 valence electrons. The van der Waals surface area contributed by atoms with Gasteiger partial charge in [-0.25, -0.2) is 0 Å². The second-order valence-electron chi connectivity index (χ2n) is 23.1. The molecular formula is C74H130O6. The Balaban J connectivity index is 4.19. The number of allylic oxidation sites excluding steroid dienone is 14. The monoisotopic (exact) mass is 1110 g/mol. The molecule has 0 saturated heterocycles. The lowest BCUT2D eigenvalue weighted by atomic mass is 10.0. The summed E-state index contributed by atoms with van der Waals surface area (Å²) in [7, 11) is 0. The maximum absolute atomic E-state index is 12.9. The zero-order chi connectivity index (χ0) is 57.8. The van der Waals surface area contributed by atoms with E-state index >= 15 is 0 Å². The van der Waals surface area contributed by atoms with E-state index < -0.39 is 6.10 Å². The fraction of sp³-hybridized carbons (Fsp3) is 0.770. The number of esters is 3. The number of carbonyl (C=O) groups excluding carboxylic acids is 3. The summed E-state index contributed by atoms with van der Waals surface area (Å²) in [4.78, 5) is 38.3. The molecule has 80 heavy (non-hydrogen) atoms. The largest absolute Gasteiger partial charge is 0.462 e. The minimum atomic E-state index is -0.776. The van der Waals surface area contributed by atoms with Crippen molar-refractivity contribution in [2.24, 2.45) is 0 Å². The van der Waals surface area contributed by atoms with Crippen molar-refractivity contribution in [3.63, 3.8) is 0 Å². The van der Waals surface area contributed by atoms with Gasteiger partial charge in [0.25, 0.3) is 0 Å². The molecule has 0 fully saturated rings. The first kappa shape index (κ1) is 76.6. The Bertz CT molecular complexity index is 1520. The summed E-state index contributed by atoms with van der Waals surface area (Å²) in [5.41, 5.74) is 0.